The Morgan fingerprint density at radius 2 is 2.03 bits per heavy atom. The van der Waals surface area contributed by atoms with Gasteiger partial charge in [-0.1, -0.05) is 36.3 Å². The van der Waals surface area contributed by atoms with Crippen molar-refractivity contribution in [2.75, 3.05) is 11.9 Å². The highest BCUT2D eigenvalue weighted by Gasteiger charge is 2.21. The van der Waals surface area contributed by atoms with Crippen LogP contribution in [0.1, 0.15) is 34.1 Å². The monoisotopic (exact) mass is 435 g/mol. The molecular formula is C23H21N3O4S. The van der Waals surface area contributed by atoms with Crippen molar-refractivity contribution >= 4 is 40.0 Å². The van der Waals surface area contributed by atoms with Gasteiger partial charge in [0.2, 0.25) is 0 Å². The summed E-state index contributed by atoms with van der Waals surface area (Å²) in [7, 11) is 0. The summed E-state index contributed by atoms with van der Waals surface area (Å²) in [5, 5.41) is 9.18. The zero-order chi connectivity index (χ0) is 22.0. The zero-order valence-corrected chi connectivity index (χ0v) is 18.2. The van der Waals surface area contributed by atoms with Crippen LogP contribution in [0.15, 0.2) is 46.3 Å². The Balaban J connectivity index is 1.55. The summed E-state index contributed by atoms with van der Waals surface area (Å²) in [5.74, 6) is -1.03. The first-order chi connectivity index (χ1) is 15.0. The average molecular weight is 436 g/mol. The van der Waals surface area contributed by atoms with Gasteiger partial charge in [-0.05, 0) is 48.9 Å². The van der Waals surface area contributed by atoms with Crippen molar-refractivity contribution in [1.29, 1.82) is 0 Å². The van der Waals surface area contributed by atoms with Crippen LogP contribution in [0.3, 0.4) is 0 Å². The molecule has 0 spiro atoms. The topological polar surface area (TPSA) is 94.3 Å². The molecule has 0 unspecified atom stereocenters. The standard InChI is InChI=1S/C23H21N3O4S/c1-4-15-8-5-7-13(2)21(15)25-19(27)12-29-23(28)16-11-17(18-9-6-10-31-18)24-22-20(16)14(3)26-30-22/h5-11H,4,12H2,1-3H3,(H,25,27). The van der Waals surface area contributed by atoms with Crippen molar-refractivity contribution in [2.45, 2.75) is 27.2 Å². The number of carbonyl (C=O) groups is 2. The molecule has 8 heteroatoms. The first-order valence-electron chi connectivity index (χ1n) is 9.84. The smallest absolute Gasteiger partial charge is 0.339 e. The maximum atomic E-state index is 12.9. The predicted molar refractivity (Wildman–Crippen MR) is 119 cm³/mol. The summed E-state index contributed by atoms with van der Waals surface area (Å²) in [6.45, 7) is 5.27. The third-order valence-electron chi connectivity index (χ3n) is 4.95. The van der Waals surface area contributed by atoms with E-state index in [1.54, 1.807) is 13.0 Å². The second kappa shape index (κ2) is 8.69. The van der Waals surface area contributed by atoms with E-state index in [2.05, 4.69) is 15.5 Å². The molecule has 3 aromatic heterocycles. The summed E-state index contributed by atoms with van der Waals surface area (Å²) in [5.41, 5.74) is 4.38. The highest BCUT2D eigenvalue weighted by Crippen LogP contribution is 2.30. The minimum Gasteiger partial charge on any atom is -0.452 e. The van der Waals surface area contributed by atoms with E-state index in [-0.39, 0.29) is 11.3 Å². The highest BCUT2D eigenvalue weighted by atomic mass is 32.1. The number of hydrogen-bond acceptors (Lipinski definition) is 7. The number of thiophene rings is 1. The van der Waals surface area contributed by atoms with Gasteiger partial charge in [0.15, 0.2) is 6.61 Å². The molecule has 0 saturated carbocycles. The number of hydrogen-bond donors (Lipinski definition) is 1. The van der Waals surface area contributed by atoms with Crippen LogP contribution in [0.4, 0.5) is 5.69 Å². The Bertz CT molecular complexity index is 1260. The van der Waals surface area contributed by atoms with E-state index in [1.807, 2.05) is 49.6 Å². The fourth-order valence-corrected chi connectivity index (χ4v) is 4.08. The van der Waals surface area contributed by atoms with Crippen LogP contribution in [0.25, 0.3) is 21.7 Å². The molecule has 7 nitrogen and oxygen atoms in total. The van der Waals surface area contributed by atoms with Gasteiger partial charge in [-0.2, -0.15) is 0 Å². The van der Waals surface area contributed by atoms with Crippen LogP contribution in [0, 0.1) is 13.8 Å². The number of aromatic nitrogens is 2. The molecule has 0 aliphatic rings. The Morgan fingerprint density at radius 1 is 1.19 bits per heavy atom. The molecule has 1 aromatic carbocycles. The van der Waals surface area contributed by atoms with Crippen molar-refractivity contribution in [3.63, 3.8) is 0 Å². The maximum Gasteiger partial charge on any atom is 0.339 e. The third-order valence-corrected chi connectivity index (χ3v) is 5.84. The molecule has 0 bridgehead atoms. The summed E-state index contributed by atoms with van der Waals surface area (Å²) in [6, 6.07) is 11.3. The van der Waals surface area contributed by atoms with Gasteiger partial charge in [0.25, 0.3) is 11.6 Å². The molecule has 1 N–H and O–H groups in total. The normalized spacial score (nSPS) is 10.9. The van der Waals surface area contributed by atoms with E-state index >= 15 is 0 Å². The van der Waals surface area contributed by atoms with Crippen LogP contribution in [0.5, 0.6) is 0 Å². The van der Waals surface area contributed by atoms with Gasteiger partial charge < -0.3 is 14.6 Å². The van der Waals surface area contributed by atoms with Gasteiger partial charge >= 0.3 is 5.97 Å². The molecule has 0 aliphatic carbocycles. The number of nitrogens with one attached hydrogen (secondary N) is 1. The molecule has 3 heterocycles. The van der Waals surface area contributed by atoms with Gasteiger partial charge in [0.1, 0.15) is 0 Å². The number of carbonyl (C=O) groups excluding carboxylic acids is 2. The zero-order valence-electron chi connectivity index (χ0n) is 17.4. The number of pyridine rings is 1. The lowest BCUT2D eigenvalue weighted by Crippen LogP contribution is -2.22. The third kappa shape index (κ3) is 4.20. The van der Waals surface area contributed by atoms with E-state index in [9.17, 15) is 9.59 Å². The second-order valence-electron chi connectivity index (χ2n) is 7.07. The number of fused-ring (bicyclic) bond motifs is 1. The molecule has 0 saturated heterocycles. The largest absolute Gasteiger partial charge is 0.452 e. The molecule has 4 rings (SSSR count). The van der Waals surface area contributed by atoms with E-state index in [4.69, 9.17) is 9.26 Å². The van der Waals surface area contributed by atoms with Crippen LogP contribution in [0.2, 0.25) is 0 Å². The van der Waals surface area contributed by atoms with Crippen molar-refractivity contribution in [2.24, 2.45) is 0 Å². The molecule has 4 aromatic rings. The van der Waals surface area contributed by atoms with Crippen LogP contribution < -0.4 is 5.32 Å². The molecule has 0 fully saturated rings. The summed E-state index contributed by atoms with van der Waals surface area (Å²) in [4.78, 5) is 30.7. The highest BCUT2D eigenvalue weighted by molar-refractivity contribution is 7.13. The first kappa shape index (κ1) is 20.7. The second-order valence-corrected chi connectivity index (χ2v) is 8.02. The van der Waals surface area contributed by atoms with E-state index < -0.39 is 18.5 Å². The number of benzene rings is 1. The van der Waals surface area contributed by atoms with Crippen molar-refractivity contribution < 1.29 is 18.8 Å². The van der Waals surface area contributed by atoms with Gasteiger partial charge in [-0.3, -0.25) is 4.79 Å². The van der Waals surface area contributed by atoms with E-state index in [1.165, 1.54) is 11.3 Å². The number of aryl methyl sites for hydroxylation is 3. The van der Waals surface area contributed by atoms with Crippen molar-refractivity contribution in [3.05, 3.63) is 64.2 Å². The SMILES string of the molecule is CCc1cccc(C)c1NC(=O)COC(=O)c1cc(-c2cccs2)nc2onc(C)c12. The summed E-state index contributed by atoms with van der Waals surface area (Å²) in [6.07, 6.45) is 0.782. The fourth-order valence-electron chi connectivity index (χ4n) is 3.39. The van der Waals surface area contributed by atoms with Crippen molar-refractivity contribution in [1.82, 2.24) is 10.1 Å². The number of para-hydroxylation sites is 1. The Morgan fingerprint density at radius 3 is 2.77 bits per heavy atom. The molecule has 0 aliphatic heterocycles. The number of ether oxygens (including phenoxy) is 1. The fraction of sp³-hybridized carbons (Fsp3) is 0.217. The maximum absolute atomic E-state index is 12.9. The van der Waals surface area contributed by atoms with Gasteiger partial charge in [0, 0.05) is 5.69 Å². The number of esters is 1. The lowest BCUT2D eigenvalue weighted by Gasteiger charge is -2.13. The average Bonchev–Trinajstić information content (AvgIpc) is 3.43. The Hall–Kier alpha value is -3.52. The molecule has 0 atom stereocenters. The van der Waals surface area contributed by atoms with E-state index in [0.29, 0.717) is 16.8 Å². The van der Waals surface area contributed by atoms with Crippen LogP contribution >= 0.6 is 11.3 Å². The van der Waals surface area contributed by atoms with E-state index in [0.717, 1.165) is 28.1 Å². The molecule has 0 radical (unpaired) electrons. The minimum absolute atomic E-state index is 0.257. The summed E-state index contributed by atoms with van der Waals surface area (Å²) >= 11 is 1.50. The quantitative estimate of drug-likeness (QED) is 0.432. The Labute approximate surface area is 183 Å². The van der Waals surface area contributed by atoms with Gasteiger partial charge in [-0.25, -0.2) is 9.78 Å². The molecular weight excluding hydrogens is 414 g/mol. The number of amides is 1. The van der Waals surface area contributed by atoms with Gasteiger partial charge in [0.05, 0.1) is 27.2 Å². The van der Waals surface area contributed by atoms with Crippen molar-refractivity contribution in [3.8, 4) is 10.6 Å². The lowest BCUT2D eigenvalue weighted by molar-refractivity contribution is -0.119. The number of nitrogens with zero attached hydrogens (tertiary/aromatic N) is 2. The number of anilines is 1. The molecule has 1 amide bonds. The van der Waals surface area contributed by atoms with Crippen LogP contribution in [-0.4, -0.2) is 28.6 Å². The minimum atomic E-state index is -0.632. The van der Waals surface area contributed by atoms with Gasteiger partial charge in [-0.15, -0.1) is 11.3 Å². The molecule has 31 heavy (non-hydrogen) atoms. The van der Waals surface area contributed by atoms with Crippen LogP contribution in [-0.2, 0) is 16.0 Å². The lowest BCUT2D eigenvalue weighted by atomic mass is 10.1. The molecule has 158 valence electrons. The Kier molecular flexibility index (Phi) is 5.81. The first-order valence-corrected chi connectivity index (χ1v) is 10.7. The number of rotatable bonds is 6. The summed E-state index contributed by atoms with van der Waals surface area (Å²) < 4.78 is 10.6. The predicted octanol–water partition coefficient (Wildman–Crippen LogP) is 4.93.